The number of thiocarbonyl (C=S) groups is 1. The fraction of sp³-hybridized carbons (Fsp3) is 0.231. The summed E-state index contributed by atoms with van der Waals surface area (Å²) >= 11 is 8.29. The predicted octanol–water partition coefficient (Wildman–Crippen LogP) is 2.75. The molecule has 1 aromatic heterocycles. The van der Waals surface area contributed by atoms with Crippen LogP contribution in [0.5, 0.6) is 5.75 Å². The first-order valence-electron chi connectivity index (χ1n) is 5.86. The maximum absolute atomic E-state index is 5.66. The Kier molecular flexibility index (Phi) is 4.93. The summed E-state index contributed by atoms with van der Waals surface area (Å²) in [5, 5.41) is 4.18. The van der Waals surface area contributed by atoms with Gasteiger partial charge < -0.3 is 10.5 Å². The highest BCUT2D eigenvalue weighted by Gasteiger charge is 2.00. The number of hydrogen-bond donors (Lipinski definition) is 1. The molecule has 0 atom stereocenters. The van der Waals surface area contributed by atoms with E-state index < -0.39 is 0 Å². The van der Waals surface area contributed by atoms with Crippen LogP contribution in [0.15, 0.2) is 41.1 Å². The third kappa shape index (κ3) is 4.33. The predicted molar refractivity (Wildman–Crippen MR) is 82.4 cm³/mol. The van der Waals surface area contributed by atoms with Crippen molar-refractivity contribution in [3.8, 4) is 5.75 Å². The maximum atomic E-state index is 5.66. The fourth-order valence-corrected chi connectivity index (χ4v) is 2.07. The molecule has 0 saturated heterocycles. The van der Waals surface area contributed by atoms with Gasteiger partial charge in [-0.25, -0.2) is 0 Å². The Bertz CT molecular complexity index is 571. The van der Waals surface area contributed by atoms with Gasteiger partial charge in [0.1, 0.15) is 10.7 Å². The van der Waals surface area contributed by atoms with Crippen LogP contribution in [0.2, 0.25) is 0 Å². The van der Waals surface area contributed by atoms with E-state index in [0.717, 1.165) is 28.8 Å². The molecular weight excluding hydrogens is 326 g/mol. The minimum Gasteiger partial charge on any atom is -0.494 e. The van der Waals surface area contributed by atoms with E-state index in [1.807, 2.05) is 35.1 Å². The molecule has 0 unspecified atom stereocenters. The zero-order valence-electron chi connectivity index (χ0n) is 10.3. The molecule has 6 heteroatoms. The highest BCUT2D eigenvalue weighted by Crippen LogP contribution is 2.13. The first kappa shape index (κ1) is 14.0. The van der Waals surface area contributed by atoms with E-state index in [9.17, 15) is 0 Å². The second-order valence-corrected chi connectivity index (χ2v) is 5.37. The first-order valence-corrected chi connectivity index (χ1v) is 7.06. The Morgan fingerprint density at radius 3 is 3.00 bits per heavy atom. The number of nitrogens with zero attached hydrogens (tertiary/aromatic N) is 2. The van der Waals surface area contributed by atoms with E-state index in [1.165, 1.54) is 0 Å². The van der Waals surface area contributed by atoms with Crippen LogP contribution >= 0.6 is 28.1 Å². The van der Waals surface area contributed by atoms with Gasteiger partial charge in [0.2, 0.25) is 0 Å². The third-order valence-corrected chi connectivity index (χ3v) is 3.17. The summed E-state index contributed by atoms with van der Waals surface area (Å²) in [7, 11) is 0. The molecule has 0 spiro atoms. The third-order valence-electron chi connectivity index (χ3n) is 2.52. The van der Waals surface area contributed by atoms with Gasteiger partial charge in [0, 0.05) is 24.7 Å². The summed E-state index contributed by atoms with van der Waals surface area (Å²) < 4.78 is 8.52. The van der Waals surface area contributed by atoms with Crippen molar-refractivity contribution in [2.75, 3.05) is 6.61 Å². The minimum atomic E-state index is 0.381. The number of hydrogen-bond acceptors (Lipinski definition) is 3. The van der Waals surface area contributed by atoms with Gasteiger partial charge in [-0.2, -0.15) is 5.10 Å². The molecule has 4 nitrogen and oxygen atoms in total. The van der Waals surface area contributed by atoms with Crippen molar-refractivity contribution in [1.82, 2.24) is 9.78 Å². The second kappa shape index (κ2) is 6.68. The number of benzene rings is 1. The van der Waals surface area contributed by atoms with E-state index in [2.05, 4.69) is 21.0 Å². The summed E-state index contributed by atoms with van der Waals surface area (Å²) in [6.07, 6.45) is 4.59. The van der Waals surface area contributed by atoms with Crippen LogP contribution < -0.4 is 10.5 Å². The lowest BCUT2D eigenvalue weighted by atomic mass is 10.2. The lowest BCUT2D eigenvalue weighted by Crippen LogP contribution is -2.09. The van der Waals surface area contributed by atoms with E-state index in [4.69, 9.17) is 22.7 Å². The molecular formula is C13H14BrN3OS. The van der Waals surface area contributed by atoms with Crippen molar-refractivity contribution in [2.45, 2.75) is 13.0 Å². The van der Waals surface area contributed by atoms with Crippen molar-refractivity contribution in [1.29, 1.82) is 0 Å². The SMILES string of the molecule is NC(=S)c1cccc(OCCCn2cc(Br)cn2)c1. The van der Waals surface area contributed by atoms with Gasteiger partial charge in [-0.1, -0.05) is 24.4 Å². The van der Waals surface area contributed by atoms with Gasteiger partial charge in [0.05, 0.1) is 17.3 Å². The Hall–Kier alpha value is -1.40. The van der Waals surface area contributed by atoms with E-state index >= 15 is 0 Å². The zero-order valence-corrected chi connectivity index (χ0v) is 12.7. The summed E-state index contributed by atoms with van der Waals surface area (Å²) in [6.45, 7) is 1.44. The molecule has 0 fully saturated rings. The van der Waals surface area contributed by atoms with Gasteiger partial charge in [-0.3, -0.25) is 4.68 Å². The standard InChI is InChI=1S/C13H14BrN3OS/c14-11-8-16-17(9-11)5-2-6-18-12-4-1-3-10(7-12)13(15)19/h1,3-4,7-9H,2,5-6H2,(H2,15,19). The quantitative estimate of drug-likeness (QED) is 0.649. The molecule has 0 bridgehead atoms. The summed E-state index contributed by atoms with van der Waals surface area (Å²) in [5.74, 6) is 0.784. The van der Waals surface area contributed by atoms with Crippen LogP contribution in [0.3, 0.4) is 0 Å². The maximum Gasteiger partial charge on any atom is 0.119 e. The van der Waals surface area contributed by atoms with E-state index in [-0.39, 0.29) is 0 Å². The Morgan fingerprint density at radius 1 is 1.47 bits per heavy atom. The smallest absolute Gasteiger partial charge is 0.119 e. The van der Waals surface area contributed by atoms with Gasteiger partial charge >= 0.3 is 0 Å². The topological polar surface area (TPSA) is 53.1 Å². The normalized spacial score (nSPS) is 10.4. The molecule has 0 aliphatic carbocycles. The molecule has 2 aromatic rings. The van der Waals surface area contributed by atoms with Crippen LogP contribution in [0.1, 0.15) is 12.0 Å². The molecule has 0 aliphatic rings. The Morgan fingerprint density at radius 2 is 2.32 bits per heavy atom. The lowest BCUT2D eigenvalue weighted by Gasteiger charge is -2.07. The second-order valence-electron chi connectivity index (χ2n) is 4.02. The molecule has 1 aromatic carbocycles. The number of nitrogens with two attached hydrogens (primary N) is 1. The number of aryl methyl sites for hydroxylation is 1. The van der Waals surface area contributed by atoms with Crippen molar-refractivity contribution >= 4 is 33.1 Å². The van der Waals surface area contributed by atoms with Crippen LogP contribution in [0.4, 0.5) is 0 Å². The number of ether oxygens (including phenoxy) is 1. The molecule has 1 heterocycles. The lowest BCUT2D eigenvalue weighted by molar-refractivity contribution is 0.298. The molecule has 2 N–H and O–H groups in total. The zero-order chi connectivity index (χ0) is 13.7. The Balaban J connectivity index is 1.79. The molecule has 2 rings (SSSR count). The van der Waals surface area contributed by atoms with Crippen LogP contribution in [0.25, 0.3) is 0 Å². The summed E-state index contributed by atoms with van der Waals surface area (Å²) in [6, 6.07) is 7.50. The molecule has 0 amide bonds. The summed E-state index contributed by atoms with van der Waals surface area (Å²) in [5.41, 5.74) is 6.40. The van der Waals surface area contributed by atoms with Crippen molar-refractivity contribution in [2.24, 2.45) is 5.73 Å². The van der Waals surface area contributed by atoms with Crippen LogP contribution in [-0.4, -0.2) is 21.4 Å². The highest BCUT2D eigenvalue weighted by atomic mass is 79.9. The van der Waals surface area contributed by atoms with Crippen molar-refractivity contribution in [3.63, 3.8) is 0 Å². The first-order chi connectivity index (χ1) is 9.15. The van der Waals surface area contributed by atoms with Crippen LogP contribution in [0, 0.1) is 0 Å². The largest absolute Gasteiger partial charge is 0.494 e. The van der Waals surface area contributed by atoms with Gasteiger partial charge in [-0.15, -0.1) is 0 Å². The monoisotopic (exact) mass is 339 g/mol. The molecule has 100 valence electrons. The Labute approximate surface area is 125 Å². The van der Waals surface area contributed by atoms with Crippen molar-refractivity contribution in [3.05, 3.63) is 46.7 Å². The number of rotatable bonds is 6. The molecule has 0 radical (unpaired) electrons. The summed E-state index contributed by atoms with van der Waals surface area (Å²) in [4.78, 5) is 0.381. The van der Waals surface area contributed by atoms with E-state index in [1.54, 1.807) is 6.20 Å². The number of halogens is 1. The fourth-order valence-electron chi connectivity index (χ4n) is 1.62. The highest BCUT2D eigenvalue weighted by molar-refractivity contribution is 9.10. The molecule has 0 saturated carbocycles. The van der Waals surface area contributed by atoms with Gasteiger partial charge in [0.15, 0.2) is 0 Å². The molecule has 19 heavy (non-hydrogen) atoms. The minimum absolute atomic E-state index is 0.381. The number of aromatic nitrogens is 2. The molecule has 0 aliphatic heterocycles. The van der Waals surface area contributed by atoms with Crippen LogP contribution in [-0.2, 0) is 6.54 Å². The van der Waals surface area contributed by atoms with E-state index in [0.29, 0.717) is 11.6 Å². The average molecular weight is 340 g/mol. The van der Waals surface area contributed by atoms with Crippen molar-refractivity contribution < 1.29 is 4.74 Å². The average Bonchev–Trinajstić information content (AvgIpc) is 2.81. The van der Waals surface area contributed by atoms with Gasteiger partial charge in [0.25, 0.3) is 0 Å². The van der Waals surface area contributed by atoms with Gasteiger partial charge in [-0.05, 0) is 28.1 Å².